The molecule has 9 nitrogen and oxygen atoms in total. The Morgan fingerprint density at radius 1 is 0.892 bits per heavy atom. The number of methoxy groups -OCH3 is 1. The number of anilines is 2. The van der Waals surface area contributed by atoms with Crippen molar-refractivity contribution in [3.63, 3.8) is 0 Å². The van der Waals surface area contributed by atoms with Crippen LogP contribution in [0.3, 0.4) is 0 Å². The monoisotopic (exact) mass is 498 g/mol. The number of aliphatic hydroxyl groups excluding tert-OH is 2. The van der Waals surface area contributed by atoms with Crippen molar-refractivity contribution in [1.29, 1.82) is 0 Å². The summed E-state index contributed by atoms with van der Waals surface area (Å²) in [5.74, 6) is 1.81. The van der Waals surface area contributed by atoms with Crippen molar-refractivity contribution in [3.05, 3.63) is 84.2 Å². The summed E-state index contributed by atoms with van der Waals surface area (Å²) in [5.41, 5.74) is 3.53. The van der Waals surface area contributed by atoms with Gasteiger partial charge in [0.25, 0.3) is 0 Å². The Balaban J connectivity index is 1.50. The molecule has 0 radical (unpaired) electrons. The highest BCUT2D eigenvalue weighted by Crippen LogP contribution is 2.25. The smallest absolute Gasteiger partial charge is 0.229 e. The molecule has 3 aromatic carbocycles. The van der Waals surface area contributed by atoms with Gasteiger partial charge in [0.2, 0.25) is 5.95 Å². The second kappa shape index (κ2) is 11.2. The van der Waals surface area contributed by atoms with Gasteiger partial charge in [-0.05, 0) is 40.1 Å². The van der Waals surface area contributed by atoms with Crippen LogP contribution in [0.15, 0.2) is 73.1 Å². The average molecular weight is 499 g/mol. The molecule has 190 valence electrons. The number of hydrogen-bond acceptors (Lipinski definition) is 8. The van der Waals surface area contributed by atoms with Crippen LogP contribution in [-0.4, -0.2) is 63.1 Å². The highest BCUT2D eigenvalue weighted by atomic mass is 16.5. The molecule has 5 aromatic rings. The number of nitrogens with zero attached hydrogens (tertiary/aromatic N) is 5. The van der Waals surface area contributed by atoms with Crippen LogP contribution in [0.25, 0.3) is 21.9 Å². The normalized spacial score (nSPS) is 11.2. The molecule has 0 fully saturated rings. The van der Waals surface area contributed by atoms with Gasteiger partial charge < -0.3 is 29.7 Å². The molecule has 0 aliphatic rings. The molecule has 9 heteroatoms. The lowest BCUT2D eigenvalue weighted by molar-refractivity contribution is 0.280. The quantitative estimate of drug-likeness (QED) is 0.254. The van der Waals surface area contributed by atoms with E-state index in [9.17, 15) is 10.2 Å². The van der Waals surface area contributed by atoms with Crippen LogP contribution in [0.2, 0.25) is 0 Å². The molecule has 37 heavy (non-hydrogen) atoms. The van der Waals surface area contributed by atoms with Gasteiger partial charge in [-0.2, -0.15) is 9.97 Å². The zero-order chi connectivity index (χ0) is 25.6. The van der Waals surface area contributed by atoms with Crippen molar-refractivity contribution in [2.45, 2.75) is 13.1 Å². The van der Waals surface area contributed by atoms with Gasteiger partial charge in [0, 0.05) is 19.6 Å². The third kappa shape index (κ3) is 5.47. The number of nitrogens with one attached hydrogen (secondary N) is 1. The lowest BCUT2D eigenvalue weighted by Gasteiger charge is -2.21. The molecule has 0 bridgehead atoms. The van der Waals surface area contributed by atoms with E-state index in [4.69, 9.17) is 14.7 Å². The van der Waals surface area contributed by atoms with Crippen molar-refractivity contribution in [2.24, 2.45) is 0 Å². The van der Waals surface area contributed by atoms with Crippen LogP contribution in [0.5, 0.6) is 5.75 Å². The summed E-state index contributed by atoms with van der Waals surface area (Å²) in [6.07, 6.45) is 1.78. The van der Waals surface area contributed by atoms with Crippen LogP contribution in [0.4, 0.5) is 11.8 Å². The van der Waals surface area contributed by atoms with Crippen molar-refractivity contribution >= 4 is 33.7 Å². The van der Waals surface area contributed by atoms with Crippen LogP contribution in [0, 0.1) is 0 Å². The first-order valence-corrected chi connectivity index (χ1v) is 12.2. The maximum Gasteiger partial charge on any atom is 0.229 e. The minimum Gasteiger partial charge on any atom is -0.497 e. The molecule has 0 aliphatic carbocycles. The first-order valence-electron chi connectivity index (χ1n) is 12.2. The third-order valence-electron chi connectivity index (χ3n) is 6.26. The number of imidazole rings is 1. The molecule has 2 aromatic heterocycles. The third-order valence-corrected chi connectivity index (χ3v) is 6.26. The molecule has 0 unspecified atom stereocenters. The van der Waals surface area contributed by atoms with Gasteiger partial charge >= 0.3 is 0 Å². The topological polar surface area (TPSA) is 109 Å². The van der Waals surface area contributed by atoms with Crippen LogP contribution < -0.4 is 15.0 Å². The summed E-state index contributed by atoms with van der Waals surface area (Å²) in [6, 6.07) is 22.5. The number of rotatable bonds is 11. The fourth-order valence-corrected chi connectivity index (χ4v) is 4.33. The van der Waals surface area contributed by atoms with Crippen LogP contribution in [0.1, 0.15) is 11.1 Å². The second-order valence-corrected chi connectivity index (χ2v) is 8.73. The maximum atomic E-state index is 9.58. The molecule has 0 saturated carbocycles. The van der Waals surface area contributed by atoms with E-state index in [1.807, 2.05) is 41.0 Å². The van der Waals surface area contributed by atoms with E-state index in [1.165, 1.54) is 10.8 Å². The van der Waals surface area contributed by atoms with Crippen molar-refractivity contribution in [3.8, 4) is 5.75 Å². The van der Waals surface area contributed by atoms with E-state index in [0.717, 1.165) is 16.9 Å². The maximum absolute atomic E-state index is 9.58. The molecule has 5 rings (SSSR count). The van der Waals surface area contributed by atoms with E-state index in [0.29, 0.717) is 49.1 Å². The van der Waals surface area contributed by atoms with Crippen LogP contribution in [-0.2, 0) is 13.1 Å². The average Bonchev–Trinajstić information content (AvgIpc) is 3.34. The predicted molar refractivity (Wildman–Crippen MR) is 145 cm³/mol. The Hall–Kier alpha value is -4.21. The van der Waals surface area contributed by atoms with Gasteiger partial charge in [-0.15, -0.1) is 0 Å². The number of aromatic nitrogens is 4. The SMILES string of the molecule is COc1ccc(CNc2nc(N(CCO)CCO)nc3c2ncn3Cc2ccc3ccccc3c2)cc1. The van der Waals surface area contributed by atoms with Crippen molar-refractivity contribution < 1.29 is 14.9 Å². The van der Waals surface area contributed by atoms with Gasteiger partial charge in [-0.25, -0.2) is 4.98 Å². The molecule has 3 N–H and O–H groups in total. The van der Waals surface area contributed by atoms with Gasteiger partial charge in [-0.1, -0.05) is 48.5 Å². The predicted octanol–water partition coefficient (Wildman–Crippen LogP) is 3.44. The molecular weight excluding hydrogens is 468 g/mol. The molecule has 0 aliphatic heterocycles. The molecule has 0 spiro atoms. The van der Waals surface area contributed by atoms with E-state index < -0.39 is 0 Å². The number of aliphatic hydroxyl groups is 2. The fraction of sp³-hybridized carbons (Fsp3) is 0.250. The van der Waals surface area contributed by atoms with Crippen molar-refractivity contribution in [1.82, 2.24) is 19.5 Å². The first kappa shape index (κ1) is 24.5. The Bertz CT molecular complexity index is 1480. The number of benzene rings is 3. The highest BCUT2D eigenvalue weighted by molar-refractivity contribution is 5.85. The number of ether oxygens (including phenoxy) is 1. The highest BCUT2D eigenvalue weighted by Gasteiger charge is 2.17. The van der Waals surface area contributed by atoms with Gasteiger partial charge in [0.1, 0.15) is 5.75 Å². The molecule has 0 saturated heterocycles. The summed E-state index contributed by atoms with van der Waals surface area (Å²) < 4.78 is 7.25. The van der Waals surface area contributed by atoms with Crippen molar-refractivity contribution in [2.75, 3.05) is 43.6 Å². The fourth-order valence-electron chi connectivity index (χ4n) is 4.33. The Kier molecular flexibility index (Phi) is 7.43. The van der Waals surface area contributed by atoms with Gasteiger partial charge in [0.15, 0.2) is 17.0 Å². The molecular formula is C28H30N6O3. The summed E-state index contributed by atoms with van der Waals surface area (Å²) >= 11 is 0. The lowest BCUT2D eigenvalue weighted by Crippen LogP contribution is -2.31. The summed E-state index contributed by atoms with van der Waals surface area (Å²) in [5, 5.41) is 24.9. The Morgan fingerprint density at radius 3 is 2.35 bits per heavy atom. The van der Waals surface area contributed by atoms with E-state index in [2.05, 4.69) is 40.6 Å². The lowest BCUT2D eigenvalue weighted by atomic mass is 10.1. The molecule has 0 amide bonds. The molecule has 2 heterocycles. The van der Waals surface area contributed by atoms with Crippen LogP contribution >= 0.6 is 0 Å². The zero-order valence-electron chi connectivity index (χ0n) is 20.7. The first-order chi connectivity index (χ1) is 18.2. The van der Waals surface area contributed by atoms with E-state index >= 15 is 0 Å². The largest absolute Gasteiger partial charge is 0.497 e. The van der Waals surface area contributed by atoms with Gasteiger partial charge in [-0.3, -0.25) is 0 Å². The van der Waals surface area contributed by atoms with Gasteiger partial charge in [0.05, 0.1) is 33.2 Å². The van der Waals surface area contributed by atoms with E-state index in [-0.39, 0.29) is 13.2 Å². The van der Waals surface area contributed by atoms with E-state index in [1.54, 1.807) is 18.3 Å². The Morgan fingerprint density at radius 2 is 1.62 bits per heavy atom. The second-order valence-electron chi connectivity index (χ2n) is 8.73. The number of fused-ring (bicyclic) bond motifs is 2. The standard InChI is InChI=1S/C28H30N6O3/c1-37-24-10-7-20(8-11-24)17-29-26-25-27(32-28(31-26)33(12-14-35)13-15-36)34(19-30-25)18-21-6-9-22-4-2-3-5-23(22)16-21/h2-11,16,19,35-36H,12-15,17-18H2,1H3,(H,29,31,32). The summed E-state index contributed by atoms with van der Waals surface area (Å²) in [4.78, 5) is 16.0. The molecule has 0 atom stereocenters. The minimum atomic E-state index is -0.0770. The zero-order valence-corrected chi connectivity index (χ0v) is 20.7. The minimum absolute atomic E-state index is 0.0770. The summed E-state index contributed by atoms with van der Waals surface area (Å²) in [7, 11) is 1.64. The Labute approximate surface area is 215 Å². The summed E-state index contributed by atoms with van der Waals surface area (Å²) in [6.45, 7) is 1.59. The number of hydrogen-bond donors (Lipinski definition) is 3.